The highest BCUT2D eigenvalue weighted by Gasteiger charge is 2.06. The molecule has 0 saturated carbocycles. The van der Waals surface area contributed by atoms with Crippen LogP contribution in [0, 0.1) is 6.92 Å². The zero-order valence-electron chi connectivity index (χ0n) is 8.94. The number of nitrogens with zero attached hydrogens (tertiary/aromatic N) is 1. The Labute approximate surface area is 107 Å². The van der Waals surface area contributed by atoms with Crippen molar-refractivity contribution in [1.29, 1.82) is 0 Å². The number of benzene rings is 1. The molecule has 1 aromatic heterocycles. The van der Waals surface area contributed by atoms with Crippen molar-refractivity contribution in [3.8, 4) is 5.75 Å². The minimum Gasteiger partial charge on any atom is -0.487 e. The van der Waals surface area contributed by atoms with Gasteiger partial charge in [0.1, 0.15) is 12.4 Å². The van der Waals surface area contributed by atoms with E-state index in [1.54, 1.807) is 11.3 Å². The highest BCUT2D eigenvalue weighted by atomic mass is 79.9. The number of para-hydroxylation sites is 1. The first-order valence-corrected chi connectivity index (χ1v) is 6.96. The topological polar surface area (TPSA) is 22.1 Å². The van der Waals surface area contributed by atoms with Crippen LogP contribution < -0.4 is 4.74 Å². The lowest BCUT2D eigenvalue weighted by molar-refractivity contribution is 0.305. The van der Waals surface area contributed by atoms with E-state index in [9.17, 15) is 0 Å². The van der Waals surface area contributed by atoms with Gasteiger partial charge in [0.15, 0.2) is 0 Å². The quantitative estimate of drug-likeness (QED) is 0.798. The summed E-state index contributed by atoms with van der Waals surface area (Å²) in [6, 6.07) is 6.18. The first-order valence-electron chi connectivity index (χ1n) is 4.96. The van der Waals surface area contributed by atoms with Crippen molar-refractivity contribution in [3.05, 3.63) is 45.9 Å². The molecular formula is C12H12BrNOS. The van der Waals surface area contributed by atoms with Gasteiger partial charge in [0.2, 0.25) is 0 Å². The zero-order chi connectivity index (χ0) is 11.4. The molecule has 1 aromatic carbocycles. The Hall–Kier alpha value is -0.870. The number of aromatic nitrogens is 1. The summed E-state index contributed by atoms with van der Waals surface area (Å²) in [7, 11) is 0. The number of thiazole rings is 1. The Bertz CT molecular complexity index is 456. The van der Waals surface area contributed by atoms with Gasteiger partial charge >= 0.3 is 0 Å². The van der Waals surface area contributed by atoms with Gasteiger partial charge in [-0.1, -0.05) is 34.1 Å². The maximum atomic E-state index is 5.84. The number of aryl methyl sites for hydroxylation is 1. The predicted molar refractivity (Wildman–Crippen MR) is 70.3 cm³/mol. The molecule has 0 aliphatic rings. The van der Waals surface area contributed by atoms with Crippen molar-refractivity contribution in [2.75, 3.05) is 0 Å². The maximum Gasteiger partial charge on any atom is 0.126 e. The first kappa shape index (κ1) is 11.6. The SMILES string of the molecule is Cc1cccc(CBr)c1OCc1cncs1. The molecule has 0 unspecified atom stereocenters. The fraction of sp³-hybridized carbons (Fsp3) is 0.250. The van der Waals surface area contributed by atoms with Crippen LogP contribution in [0.2, 0.25) is 0 Å². The maximum absolute atomic E-state index is 5.84. The largest absolute Gasteiger partial charge is 0.487 e. The van der Waals surface area contributed by atoms with Crippen LogP contribution in [-0.4, -0.2) is 4.98 Å². The fourth-order valence-corrected chi connectivity index (χ4v) is 2.43. The van der Waals surface area contributed by atoms with Crippen molar-refractivity contribution < 1.29 is 4.74 Å². The zero-order valence-corrected chi connectivity index (χ0v) is 11.3. The Kier molecular flexibility index (Phi) is 3.96. The lowest BCUT2D eigenvalue weighted by Crippen LogP contribution is -1.98. The lowest BCUT2D eigenvalue weighted by atomic mass is 10.1. The van der Waals surface area contributed by atoms with E-state index in [2.05, 4.69) is 40.0 Å². The van der Waals surface area contributed by atoms with Crippen LogP contribution >= 0.6 is 27.3 Å². The van der Waals surface area contributed by atoms with Gasteiger partial charge < -0.3 is 4.74 Å². The summed E-state index contributed by atoms with van der Waals surface area (Å²) >= 11 is 5.09. The average Bonchev–Trinajstić information content (AvgIpc) is 2.80. The Balaban J connectivity index is 2.14. The van der Waals surface area contributed by atoms with Gasteiger partial charge in [0.25, 0.3) is 0 Å². The second kappa shape index (κ2) is 5.46. The Morgan fingerprint density at radius 3 is 3.00 bits per heavy atom. The van der Waals surface area contributed by atoms with Crippen molar-refractivity contribution in [2.45, 2.75) is 18.9 Å². The molecule has 0 N–H and O–H groups in total. The number of alkyl halides is 1. The standard InChI is InChI=1S/C12H12BrNOS/c1-9-3-2-4-10(5-13)12(9)15-7-11-6-14-8-16-11/h2-4,6,8H,5,7H2,1H3. The molecule has 2 nitrogen and oxygen atoms in total. The summed E-state index contributed by atoms with van der Waals surface area (Å²) in [5, 5.41) is 0.812. The summed E-state index contributed by atoms with van der Waals surface area (Å²) in [6.07, 6.45) is 1.84. The van der Waals surface area contributed by atoms with Crippen molar-refractivity contribution in [1.82, 2.24) is 4.98 Å². The van der Waals surface area contributed by atoms with E-state index in [-0.39, 0.29) is 0 Å². The van der Waals surface area contributed by atoms with E-state index < -0.39 is 0 Å². The van der Waals surface area contributed by atoms with Crippen molar-refractivity contribution in [3.63, 3.8) is 0 Å². The minimum absolute atomic E-state index is 0.593. The second-order valence-corrected chi connectivity index (χ2v) is 4.98. The molecule has 0 amide bonds. The van der Waals surface area contributed by atoms with E-state index in [0.29, 0.717) is 6.61 Å². The lowest BCUT2D eigenvalue weighted by Gasteiger charge is -2.11. The second-order valence-electron chi connectivity index (χ2n) is 3.45. The van der Waals surface area contributed by atoms with Gasteiger partial charge in [-0.05, 0) is 12.5 Å². The third-order valence-corrected chi connectivity index (χ3v) is 3.64. The predicted octanol–water partition coefficient (Wildman–Crippen LogP) is 3.93. The van der Waals surface area contributed by atoms with E-state index in [1.807, 2.05) is 17.8 Å². The number of hydrogen-bond donors (Lipinski definition) is 0. The minimum atomic E-state index is 0.593. The van der Waals surface area contributed by atoms with Crippen LogP contribution in [-0.2, 0) is 11.9 Å². The van der Waals surface area contributed by atoms with E-state index in [4.69, 9.17) is 4.74 Å². The molecule has 2 rings (SSSR count). The van der Waals surface area contributed by atoms with E-state index >= 15 is 0 Å². The van der Waals surface area contributed by atoms with E-state index in [1.165, 1.54) is 11.1 Å². The Morgan fingerprint density at radius 2 is 2.31 bits per heavy atom. The fourth-order valence-electron chi connectivity index (χ4n) is 1.48. The summed E-state index contributed by atoms with van der Waals surface area (Å²) in [6.45, 7) is 2.66. The highest BCUT2D eigenvalue weighted by Crippen LogP contribution is 2.26. The van der Waals surface area contributed by atoms with Crippen molar-refractivity contribution >= 4 is 27.3 Å². The monoisotopic (exact) mass is 297 g/mol. The number of halogens is 1. The molecule has 0 spiro atoms. The van der Waals surface area contributed by atoms with Crippen LogP contribution in [0.1, 0.15) is 16.0 Å². The molecule has 0 fully saturated rings. The third-order valence-electron chi connectivity index (χ3n) is 2.28. The average molecular weight is 298 g/mol. The first-order chi connectivity index (χ1) is 7.81. The van der Waals surface area contributed by atoms with Crippen LogP contribution in [0.3, 0.4) is 0 Å². The summed E-state index contributed by atoms with van der Waals surface area (Å²) in [5.41, 5.74) is 4.17. The Morgan fingerprint density at radius 1 is 1.44 bits per heavy atom. The molecule has 84 valence electrons. The smallest absolute Gasteiger partial charge is 0.126 e. The molecule has 0 bridgehead atoms. The molecule has 16 heavy (non-hydrogen) atoms. The highest BCUT2D eigenvalue weighted by molar-refractivity contribution is 9.08. The molecular weight excluding hydrogens is 286 g/mol. The van der Waals surface area contributed by atoms with Gasteiger partial charge in [0.05, 0.1) is 10.4 Å². The molecule has 4 heteroatoms. The van der Waals surface area contributed by atoms with Gasteiger partial charge in [-0.2, -0.15) is 0 Å². The molecule has 0 radical (unpaired) electrons. The molecule has 0 saturated heterocycles. The molecule has 0 aliphatic carbocycles. The summed E-state index contributed by atoms with van der Waals surface area (Å²) < 4.78 is 5.84. The van der Waals surface area contributed by atoms with Crippen LogP contribution in [0.5, 0.6) is 5.75 Å². The van der Waals surface area contributed by atoms with Crippen LogP contribution in [0.15, 0.2) is 29.9 Å². The molecule has 0 aliphatic heterocycles. The number of rotatable bonds is 4. The van der Waals surface area contributed by atoms with Crippen LogP contribution in [0.4, 0.5) is 0 Å². The number of ether oxygens (including phenoxy) is 1. The third kappa shape index (κ3) is 2.62. The normalized spacial score (nSPS) is 10.4. The molecule has 0 atom stereocenters. The van der Waals surface area contributed by atoms with Gasteiger partial charge in [-0.25, -0.2) is 0 Å². The van der Waals surface area contributed by atoms with Crippen LogP contribution in [0.25, 0.3) is 0 Å². The summed E-state index contributed by atoms with van der Waals surface area (Å²) in [4.78, 5) is 5.17. The van der Waals surface area contributed by atoms with Crippen molar-refractivity contribution in [2.24, 2.45) is 0 Å². The molecule has 2 aromatic rings. The van der Waals surface area contributed by atoms with Gasteiger partial charge in [0, 0.05) is 17.1 Å². The van der Waals surface area contributed by atoms with Gasteiger partial charge in [-0.3, -0.25) is 4.98 Å². The van der Waals surface area contributed by atoms with E-state index in [0.717, 1.165) is 16.0 Å². The number of hydrogen-bond acceptors (Lipinski definition) is 3. The molecule has 1 heterocycles. The van der Waals surface area contributed by atoms with Gasteiger partial charge in [-0.15, -0.1) is 11.3 Å². The summed E-state index contributed by atoms with van der Waals surface area (Å²) in [5.74, 6) is 0.979.